The van der Waals surface area contributed by atoms with Gasteiger partial charge < -0.3 is 14.6 Å². The van der Waals surface area contributed by atoms with Gasteiger partial charge in [0.2, 0.25) is 0 Å². The van der Waals surface area contributed by atoms with Gasteiger partial charge in [-0.05, 0) is 37.9 Å². The van der Waals surface area contributed by atoms with Crippen molar-refractivity contribution >= 4 is 17.1 Å². The molecular formula is C16H23N3O. The highest BCUT2D eigenvalue weighted by atomic mass is 16.4. The molecule has 1 aromatic carbocycles. The summed E-state index contributed by atoms with van der Waals surface area (Å²) >= 11 is 0. The van der Waals surface area contributed by atoms with Gasteiger partial charge in [-0.2, -0.15) is 4.98 Å². The SMILES string of the molecule is CCCN(CC1CCCCN1)c1nc2ccccc2o1. The van der Waals surface area contributed by atoms with Crippen LogP contribution in [0, 0.1) is 0 Å². The van der Waals surface area contributed by atoms with E-state index in [1.807, 2.05) is 24.3 Å². The van der Waals surface area contributed by atoms with Crippen molar-refractivity contribution in [3.05, 3.63) is 24.3 Å². The van der Waals surface area contributed by atoms with Crippen molar-refractivity contribution in [3.63, 3.8) is 0 Å². The first-order valence-corrected chi connectivity index (χ1v) is 7.70. The highest BCUT2D eigenvalue weighted by Crippen LogP contribution is 2.22. The summed E-state index contributed by atoms with van der Waals surface area (Å²) in [7, 11) is 0. The molecule has 0 radical (unpaired) electrons. The van der Waals surface area contributed by atoms with Crippen molar-refractivity contribution in [1.82, 2.24) is 10.3 Å². The van der Waals surface area contributed by atoms with Gasteiger partial charge in [-0.1, -0.05) is 25.5 Å². The first-order valence-electron chi connectivity index (χ1n) is 7.70. The minimum atomic E-state index is 0.560. The van der Waals surface area contributed by atoms with Gasteiger partial charge >= 0.3 is 0 Å². The summed E-state index contributed by atoms with van der Waals surface area (Å²) in [5.74, 6) is 0. The summed E-state index contributed by atoms with van der Waals surface area (Å²) in [4.78, 5) is 6.91. The fourth-order valence-electron chi connectivity index (χ4n) is 2.88. The molecule has 108 valence electrons. The van der Waals surface area contributed by atoms with Crippen LogP contribution >= 0.6 is 0 Å². The van der Waals surface area contributed by atoms with Crippen LogP contribution in [0.3, 0.4) is 0 Å². The maximum absolute atomic E-state index is 5.91. The zero-order valence-electron chi connectivity index (χ0n) is 12.1. The minimum absolute atomic E-state index is 0.560. The molecule has 3 rings (SSSR count). The van der Waals surface area contributed by atoms with E-state index in [0.717, 1.165) is 43.2 Å². The van der Waals surface area contributed by atoms with Crippen LogP contribution in [-0.4, -0.2) is 30.7 Å². The molecule has 1 aliphatic heterocycles. The van der Waals surface area contributed by atoms with Gasteiger partial charge in [0.25, 0.3) is 6.01 Å². The third-order valence-electron chi connectivity index (χ3n) is 3.90. The number of nitrogens with one attached hydrogen (secondary N) is 1. The Morgan fingerprint density at radius 3 is 3.00 bits per heavy atom. The van der Waals surface area contributed by atoms with Crippen LogP contribution in [0.1, 0.15) is 32.6 Å². The fraction of sp³-hybridized carbons (Fsp3) is 0.562. The van der Waals surface area contributed by atoms with Gasteiger partial charge in [-0.15, -0.1) is 0 Å². The van der Waals surface area contributed by atoms with E-state index in [4.69, 9.17) is 4.42 Å². The Morgan fingerprint density at radius 2 is 2.25 bits per heavy atom. The van der Waals surface area contributed by atoms with E-state index in [9.17, 15) is 0 Å². The van der Waals surface area contributed by atoms with Crippen LogP contribution < -0.4 is 10.2 Å². The number of oxazole rings is 1. The highest BCUT2D eigenvalue weighted by molar-refractivity contribution is 5.74. The number of fused-ring (bicyclic) bond motifs is 1. The third kappa shape index (κ3) is 2.96. The predicted molar refractivity (Wildman–Crippen MR) is 82.2 cm³/mol. The molecular weight excluding hydrogens is 250 g/mol. The molecule has 2 aromatic rings. The smallest absolute Gasteiger partial charge is 0.298 e. The number of aromatic nitrogens is 1. The molecule has 0 bridgehead atoms. The molecule has 0 amide bonds. The van der Waals surface area contributed by atoms with Gasteiger partial charge in [0.15, 0.2) is 5.58 Å². The summed E-state index contributed by atoms with van der Waals surface area (Å²) < 4.78 is 5.91. The molecule has 1 N–H and O–H groups in total. The van der Waals surface area contributed by atoms with Gasteiger partial charge in [0.1, 0.15) is 5.52 Å². The van der Waals surface area contributed by atoms with Crippen LogP contribution in [0.25, 0.3) is 11.1 Å². The largest absolute Gasteiger partial charge is 0.423 e. The van der Waals surface area contributed by atoms with Gasteiger partial charge in [0.05, 0.1) is 0 Å². The van der Waals surface area contributed by atoms with E-state index in [2.05, 4.69) is 22.1 Å². The zero-order chi connectivity index (χ0) is 13.8. The van der Waals surface area contributed by atoms with E-state index in [0.29, 0.717) is 6.04 Å². The number of piperidine rings is 1. The number of anilines is 1. The molecule has 4 nitrogen and oxygen atoms in total. The molecule has 0 spiro atoms. The summed E-state index contributed by atoms with van der Waals surface area (Å²) in [6.07, 6.45) is 4.98. The second-order valence-corrected chi connectivity index (χ2v) is 5.56. The Kier molecular flexibility index (Phi) is 4.21. The lowest BCUT2D eigenvalue weighted by atomic mass is 10.0. The quantitative estimate of drug-likeness (QED) is 0.908. The summed E-state index contributed by atoms with van der Waals surface area (Å²) in [5, 5.41) is 3.60. The zero-order valence-corrected chi connectivity index (χ0v) is 12.1. The number of rotatable bonds is 5. The Labute approximate surface area is 120 Å². The van der Waals surface area contributed by atoms with E-state index in [1.165, 1.54) is 19.3 Å². The second-order valence-electron chi connectivity index (χ2n) is 5.56. The molecule has 0 saturated carbocycles. The summed E-state index contributed by atoms with van der Waals surface area (Å²) in [6.45, 7) is 5.31. The van der Waals surface area contributed by atoms with Gasteiger partial charge in [-0.3, -0.25) is 0 Å². The minimum Gasteiger partial charge on any atom is -0.423 e. The number of hydrogen-bond donors (Lipinski definition) is 1. The van der Waals surface area contributed by atoms with Crippen LogP contribution in [0.4, 0.5) is 6.01 Å². The van der Waals surface area contributed by atoms with Crippen molar-refractivity contribution in [3.8, 4) is 0 Å². The molecule has 1 atom stereocenters. The first kappa shape index (κ1) is 13.4. The molecule has 4 heteroatoms. The lowest BCUT2D eigenvalue weighted by Crippen LogP contribution is -2.44. The van der Waals surface area contributed by atoms with Crippen molar-refractivity contribution in [2.75, 3.05) is 24.5 Å². The van der Waals surface area contributed by atoms with E-state index in [1.54, 1.807) is 0 Å². The maximum Gasteiger partial charge on any atom is 0.298 e. The molecule has 1 aliphatic rings. The predicted octanol–water partition coefficient (Wildman–Crippen LogP) is 3.19. The molecule has 0 aliphatic carbocycles. The van der Waals surface area contributed by atoms with E-state index >= 15 is 0 Å². The number of nitrogens with zero attached hydrogens (tertiary/aromatic N) is 2. The van der Waals surface area contributed by atoms with Crippen molar-refractivity contribution in [1.29, 1.82) is 0 Å². The average Bonchev–Trinajstić information content (AvgIpc) is 2.92. The van der Waals surface area contributed by atoms with Crippen LogP contribution in [0.5, 0.6) is 0 Å². The van der Waals surface area contributed by atoms with Gasteiger partial charge in [0, 0.05) is 19.1 Å². The topological polar surface area (TPSA) is 41.3 Å². The Morgan fingerprint density at radius 1 is 1.35 bits per heavy atom. The third-order valence-corrected chi connectivity index (χ3v) is 3.90. The van der Waals surface area contributed by atoms with Crippen molar-refractivity contribution in [2.24, 2.45) is 0 Å². The lowest BCUT2D eigenvalue weighted by molar-refractivity contribution is 0.392. The normalized spacial score (nSPS) is 19.4. The second kappa shape index (κ2) is 6.27. The molecule has 1 saturated heterocycles. The van der Waals surface area contributed by atoms with Crippen LogP contribution in [0.2, 0.25) is 0 Å². The van der Waals surface area contributed by atoms with Crippen LogP contribution in [0.15, 0.2) is 28.7 Å². The average molecular weight is 273 g/mol. The summed E-state index contributed by atoms with van der Waals surface area (Å²) in [6, 6.07) is 9.30. The molecule has 2 heterocycles. The maximum atomic E-state index is 5.91. The van der Waals surface area contributed by atoms with E-state index in [-0.39, 0.29) is 0 Å². The van der Waals surface area contributed by atoms with E-state index < -0.39 is 0 Å². The van der Waals surface area contributed by atoms with Crippen molar-refractivity contribution in [2.45, 2.75) is 38.6 Å². The molecule has 1 fully saturated rings. The van der Waals surface area contributed by atoms with Gasteiger partial charge in [-0.25, -0.2) is 0 Å². The lowest BCUT2D eigenvalue weighted by Gasteiger charge is -2.29. The van der Waals surface area contributed by atoms with Crippen molar-refractivity contribution < 1.29 is 4.42 Å². The monoisotopic (exact) mass is 273 g/mol. The molecule has 1 aromatic heterocycles. The highest BCUT2D eigenvalue weighted by Gasteiger charge is 2.19. The Hall–Kier alpha value is -1.55. The first-order chi connectivity index (χ1) is 9.86. The van der Waals surface area contributed by atoms with Crippen LogP contribution in [-0.2, 0) is 0 Å². The number of benzene rings is 1. The Balaban J connectivity index is 1.77. The molecule has 20 heavy (non-hydrogen) atoms. The molecule has 1 unspecified atom stereocenters. The summed E-state index contributed by atoms with van der Waals surface area (Å²) in [5.41, 5.74) is 1.82. The number of para-hydroxylation sites is 2. The fourth-order valence-corrected chi connectivity index (χ4v) is 2.88. The Bertz CT molecular complexity index is 512. The standard InChI is InChI=1S/C16H23N3O/c1-2-11-19(12-13-7-5-6-10-17-13)16-18-14-8-3-4-9-15(14)20-16/h3-4,8-9,13,17H,2,5-7,10-12H2,1H3. The number of hydrogen-bond acceptors (Lipinski definition) is 4.